The van der Waals surface area contributed by atoms with Gasteiger partial charge in [0.2, 0.25) is 5.91 Å². The molecule has 1 unspecified atom stereocenters. The fraction of sp³-hybridized carbons (Fsp3) is 0.857. The predicted molar refractivity (Wildman–Crippen MR) is 68.0 cm³/mol. The molecule has 18 heavy (non-hydrogen) atoms. The topological polar surface area (TPSA) is 66.4 Å². The van der Waals surface area contributed by atoms with E-state index in [0.29, 0.717) is 25.3 Å². The molecule has 0 saturated heterocycles. The third kappa shape index (κ3) is 3.03. The van der Waals surface area contributed by atoms with Gasteiger partial charge < -0.3 is 10.4 Å². The molecule has 0 aromatic carbocycles. The smallest absolute Gasteiger partial charge is 0.307 e. The number of hydrogen-bond acceptors (Lipinski definition) is 2. The SMILES string of the molecule is CC1C[C@H](C(=O)NCCC2CCC2)[C@H](C(=O)O)C1. The van der Waals surface area contributed by atoms with E-state index in [1.165, 1.54) is 19.3 Å². The molecule has 2 rings (SSSR count). The lowest BCUT2D eigenvalue weighted by Crippen LogP contribution is -2.36. The van der Waals surface area contributed by atoms with E-state index in [1.54, 1.807) is 0 Å². The van der Waals surface area contributed by atoms with Crippen LogP contribution in [-0.2, 0) is 9.59 Å². The highest BCUT2D eigenvalue weighted by molar-refractivity contribution is 5.85. The zero-order chi connectivity index (χ0) is 13.1. The molecule has 2 fully saturated rings. The summed E-state index contributed by atoms with van der Waals surface area (Å²) in [5, 5.41) is 12.1. The second-order valence-corrected chi connectivity index (χ2v) is 6.00. The Morgan fingerprint density at radius 2 is 1.89 bits per heavy atom. The van der Waals surface area contributed by atoms with E-state index in [0.717, 1.165) is 12.3 Å². The Labute approximate surface area is 108 Å². The summed E-state index contributed by atoms with van der Waals surface area (Å²) < 4.78 is 0. The highest BCUT2D eigenvalue weighted by Crippen LogP contribution is 2.36. The lowest BCUT2D eigenvalue weighted by atomic mass is 9.83. The standard InChI is InChI=1S/C14H23NO3/c1-9-7-11(12(8-9)14(17)18)13(16)15-6-5-10-3-2-4-10/h9-12H,2-8H2,1H3,(H,15,16)(H,17,18)/t9?,11-,12+/m0/s1. The van der Waals surface area contributed by atoms with Gasteiger partial charge in [-0.15, -0.1) is 0 Å². The van der Waals surface area contributed by atoms with Crippen molar-refractivity contribution in [1.29, 1.82) is 0 Å². The number of rotatable bonds is 5. The Morgan fingerprint density at radius 3 is 2.44 bits per heavy atom. The summed E-state index contributed by atoms with van der Waals surface area (Å²) in [6, 6.07) is 0. The number of amides is 1. The molecule has 0 aromatic heterocycles. The van der Waals surface area contributed by atoms with E-state index in [9.17, 15) is 9.59 Å². The maximum absolute atomic E-state index is 12.0. The molecule has 0 aromatic rings. The van der Waals surface area contributed by atoms with Crippen molar-refractivity contribution in [3.8, 4) is 0 Å². The van der Waals surface area contributed by atoms with Gasteiger partial charge in [-0.2, -0.15) is 0 Å². The van der Waals surface area contributed by atoms with Crippen LogP contribution in [0.5, 0.6) is 0 Å². The van der Waals surface area contributed by atoms with Crippen LogP contribution in [0.3, 0.4) is 0 Å². The van der Waals surface area contributed by atoms with E-state index in [1.807, 2.05) is 6.92 Å². The van der Waals surface area contributed by atoms with Gasteiger partial charge in [0, 0.05) is 6.54 Å². The molecule has 4 heteroatoms. The van der Waals surface area contributed by atoms with Crippen LogP contribution >= 0.6 is 0 Å². The first kappa shape index (κ1) is 13.4. The second kappa shape index (κ2) is 5.72. The van der Waals surface area contributed by atoms with E-state index < -0.39 is 11.9 Å². The minimum absolute atomic E-state index is 0.0499. The molecule has 0 bridgehead atoms. The average molecular weight is 253 g/mol. The molecule has 2 aliphatic carbocycles. The Morgan fingerprint density at radius 1 is 1.22 bits per heavy atom. The normalized spacial score (nSPS) is 31.9. The average Bonchev–Trinajstić information content (AvgIpc) is 2.64. The molecular weight excluding hydrogens is 230 g/mol. The van der Waals surface area contributed by atoms with Crippen LogP contribution in [0.1, 0.15) is 45.4 Å². The maximum Gasteiger partial charge on any atom is 0.307 e. The van der Waals surface area contributed by atoms with Crippen molar-refractivity contribution in [1.82, 2.24) is 5.32 Å². The van der Waals surface area contributed by atoms with Crippen molar-refractivity contribution < 1.29 is 14.7 Å². The van der Waals surface area contributed by atoms with Gasteiger partial charge in [-0.3, -0.25) is 9.59 Å². The van der Waals surface area contributed by atoms with E-state index in [2.05, 4.69) is 5.32 Å². The summed E-state index contributed by atoms with van der Waals surface area (Å²) in [4.78, 5) is 23.1. The first-order chi connectivity index (χ1) is 8.58. The summed E-state index contributed by atoms with van der Waals surface area (Å²) in [5.74, 6) is -0.552. The number of hydrogen-bond donors (Lipinski definition) is 2. The molecule has 0 radical (unpaired) electrons. The number of carbonyl (C=O) groups is 2. The molecule has 0 heterocycles. The fourth-order valence-corrected chi connectivity index (χ4v) is 3.17. The monoisotopic (exact) mass is 253 g/mol. The van der Waals surface area contributed by atoms with Crippen LogP contribution in [0.4, 0.5) is 0 Å². The number of aliphatic carboxylic acids is 1. The summed E-state index contributed by atoms with van der Waals surface area (Å²) in [5.41, 5.74) is 0. The zero-order valence-electron chi connectivity index (χ0n) is 11.0. The zero-order valence-corrected chi connectivity index (χ0v) is 11.0. The van der Waals surface area contributed by atoms with Crippen LogP contribution in [-0.4, -0.2) is 23.5 Å². The van der Waals surface area contributed by atoms with Crippen LogP contribution in [0.2, 0.25) is 0 Å². The molecular formula is C14H23NO3. The number of carboxylic acids is 1. The molecule has 2 saturated carbocycles. The summed E-state index contributed by atoms with van der Waals surface area (Å²) in [6.07, 6.45) is 6.29. The quantitative estimate of drug-likeness (QED) is 0.788. The molecule has 4 nitrogen and oxygen atoms in total. The van der Waals surface area contributed by atoms with Gasteiger partial charge in [-0.25, -0.2) is 0 Å². The third-order valence-corrected chi connectivity index (χ3v) is 4.53. The van der Waals surface area contributed by atoms with Crippen LogP contribution in [0, 0.1) is 23.7 Å². The summed E-state index contributed by atoms with van der Waals surface area (Å²) >= 11 is 0. The largest absolute Gasteiger partial charge is 0.481 e. The Balaban J connectivity index is 1.77. The summed E-state index contributed by atoms with van der Waals surface area (Å²) in [6.45, 7) is 2.73. The van der Waals surface area contributed by atoms with Crippen molar-refractivity contribution in [3.05, 3.63) is 0 Å². The number of carbonyl (C=O) groups excluding carboxylic acids is 1. The minimum Gasteiger partial charge on any atom is -0.481 e. The summed E-state index contributed by atoms with van der Waals surface area (Å²) in [7, 11) is 0. The Kier molecular flexibility index (Phi) is 4.25. The Bertz CT molecular complexity index is 325. The van der Waals surface area contributed by atoms with Crippen LogP contribution < -0.4 is 5.32 Å². The van der Waals surface area contributed by atoms with Gasteiger partial charge in [-0.1, -0.05) is 26.2 Å². The van der Waals surface area contributed by atoms with Crippen LogP contribution in [0.15, 0.2) is 0 Å². The van der Waals surface area contributed by atoms with Gasteiger partial charge in [0.05, 0.1) is 11.8 Å². The molecule has 102 valence electrons. The minimum atomic E-state index is -0.821. The lowest BCUT2D eigenvalue weighted by molar-refractivity contribution is -0.146. The first-order valence-electron chi connectivity index (χ1n) is 7.08. The van der Waals surface area contributed by atoms with Crippen molar-refractivity contribution >= 4 is 11.9 Å². The molecule has 2 N–H and O–H groups in total. The van der Waals surface area contributed by atoms with Gasteiger partial charge >= 0.3 is 5.97 Å². The third-order valence-electron chi connectivity index (χ3n) is 4.53. The van der Waals surface area contributed by atoms with E-state index in [4.69, 9.17) is 5.11 Å². The van der Waals surface area contributed by atoms with Gasteiger partial charge in [0.15, 0.2) is 0 Å². The molecule has 0 spiro atoms. The molecule has 2 aliphatic rings. The fourth-order valence-electron chi connectivity index (χ4n) is 3.17. The van der Waals surface area contributed by atoms with Crippen molar-refractivity contribution in [2.24, 2.45) is 23.7 Å². The number of carboxylic acid groups (broad SMARTS) is 1. The first-order valence-corrected chi connectivity index (χ1v) is 7.08. The second-order valence-electron chi connectivity index (χ2n) is 6.00. The number of nitrogens with one attached hydrogen (secondary N) is 1. The molecule has 1 amide bonds. The van der Waals surface area contributed by atoms with E-state index >= 15 is 0 Å². The van der Waals surface area contributed by atoms with Gasteiger partial charge in [-0.05, 0) is 31.1 Å². The highest BCUT2D eigenvalue weighted by atomic mass is 16.4. The van der Waals surface area contributed by atoms with Crippen molar-refractivity contribution in [3.63, 3.8) is 0 Å². The van der Waals surface area contributed by atoms with Gasteiger partial charge in [0.1, 0.15) is 0 Å². The van der Waals surface area contributed by atoms with Gasteiger partial charge in [0.25, 0.3) is 0 Å². The highest BCUT2D eigenvalue weighted by Gasteiger charge is 2.41. The predicted octanol–water partition coefficient (Wildman–Crippen LogP) is 2.04. The molecule has 0 aliphatic heterocycles. The van der Waals surface area contributed by atoms with E-state index in [-0.39, 0.29) is 11.8 Å². The molecule has 3 atom stereocenters. The van der Waals surface area contributed by atoms with Crippen LogP contribution in [0.25, 0.3) is 0 Å². The lowest BCUT2D eigenvalue weighted by Gasteiger charge is -2.25. The van der Waals surface area contributed by atoms with Crippen molar-refractivity contribution in [2.75, 3.05) is 6.54 Å². The maximum atomic E-state index is 12.0. The van der Waals surface area contributed by atoms with Crippen molar-refractivity contribution in [2.45, 2.75) is 45.4 Å². The Hall–Kier alpha value is -1.06.